The van der Waals surface area contributed by atoms with Gasteiger partial charge in [-0.2, -0.15) is 5.26 Å². The Kier molecular flexibility index (Phi) is 3.71. The molecule has 0 amide bonds. The number of rotatable bonds is 4. The fourth-order valence-electron chi connectivity index (χ4n) is 3.17. The van der Waals surface area contributed by atoms with Crippen molar-refractivity contribution < 1.29 is 4.74 Å². The van der Waals surface area contributed by atoms with Gasteiger partial charge in [0.15, 0.2) is 0 Å². The highest BCUT2D eigenvalue weighted by Gasteiger charge is 2.22. The van der Waals surface area contributed by atoms with E-state index >= 15 is 0 Å². The molecule has 0 atom stereocenters. The third kappa shape index (κ3) is 2.33. The molecule has 2 heterocycles. The van der Waals surface area contributed by atoms with Crippen LogP contribution in [0.25, 0.3) is 10.9 Å². The van der Waals surface area contributed by atoms with Crippen molar-refractivity contribution in [2.24, 2.45) is 7.05 Å². The van der Waals surface area contributed by atoms with Crippen molar-refractivity contribution in [3.8, 4) is 6.07 Å². The number of benzene rings is 1. The topological polar surface area (TPSA) is 41.2 Å². The Bertz CT molecular complexity index is 724. The van der Waals surface area contributed by atoms with Gasteiger partial charge >= 0.3 is 0 Å². The summed E-state index contributed by atoms with van der Waals surface area (Å²) < 4.78 is 7.56. The van der Waals surface area contributed by atoms with E-state index in [-0.39, 0.29) is 0 Å². The molecular weight excluding hydrogens is 262 g/mol. The molecule has 0 fully saturated rings. The number of hydrogen-bond acceptors (Lipinski definition) is 3. The summed E-state index contributed by atoms with van der Waals surface area (Å²) in [5.41, 5.74) is 5.74. The average molecular weight is 283 g/mol. The van der Waals surface area contributed by atoms with Gasteiger partial charge in [0.2, 0.25) is 0 Å². The second-order valence-corrected chi connectivity index (χ2v) is 5.68. The minimum Gasteiger partial charge on any atom is -0.380 e. The first-order chi connectivity index (χ1) is 10.2. The molecule has 0 unspecified atom stereocenters. The van der Waals surface area contributed by atoms with Crippen molar-refractivity contribution in [1.29, 1.82) is 5.26 Å². The summed E-state index contributed by atoms with van der Waals surface area (Å²) in [5.74, 6) is 0. The molecule has 0 N–H and O–H groups in total. The summed E-state index contributed by atoms with van der Waals surface area (Å²) in [4.78, 5) is 2.40. The van der Waals surface area contributed by atoms with Crippen molar-refractivity contribution >= 4 is 10.9 Å². The molecule has 1 aromatic carbocycles. The second kappa shape index (κ2) is 5.51. The lowest BCUT2D eigenvalue weighted by molar-refractivity contribution is 0.113. The van der Waals surface area contributed by atoms with Crippen LogP contribution < -0.4 is 0 Å². The highest BCUT2D eigenvalue weighted by molar-refractivity contribution is 5.89. The Morgan fingerprint density at radius 2 is 2.00 bits per heavy atom. The second-order valence-electron chi connectivity index (χ2n) is 5.68. The Labute approximate surface area is 125 Å². The first-order valence-corrected chi connectivity index (χ1v) is 7.46. The van der Waals surface area contributed by atoms with E-state index in [0.717, 1.165) is 55.0 Å². The number of fused-ring (bicyclic) bond motifs is 2. The van der Waals surface area contributed by atoms with Gasteiger partial charge in [-0.15, -0.1) is 0 Å². The van der Waals surface area contributed by atoms with Crippen molar-refractivity contribution in [2.45, 2.75) is 26.9 Å². The van der Waals surface area contributed by atoms with Gasteiger partial charge in [-0.3, -0.25) is 4.90 Å². The van der Waals surface area contributed by atoms with Crippen LogP contribution in [0.4, 0.5) is 0 Å². The van der Waals surface area contributed by atoms with Crippen LogP contribution >= 0.6 is 0 Å². The number of aromatic nitrogens is 1. The van der Waals surface area contributed by atoms with Gasteiger partial charge in [0, 0.05) is 49.9 Å². The first kappa shape index (κ1) is 14.1. The van der Waals surface area contributed by atoms with Crippen LogP contribution in [-0.4, -0.2) is 29.2 Å². The molecular formula is C17H21N3O. The largest absolute Gasteiger partial charge is 0.380 e. The van der Waals surface area contributed by atoms with Crippen LogP contribution in [0.15, 0.2) is 12.1 Å². The van der Waals surface area contributed by atoms with Gasteiger partial charge in [0.1, 0.15) is 6.07 Å². The van der Waals surface area contributed by atoms with Crippen molar-refractivity contribution in [1.82, 2.24) is 9.47 Å². The van der Waals surface area contributed by atoms with Gasteiger partial charge in [0.25, 0.3) is 0 Å². The van der Waals surface area contributed by atoms with Crippen molar-refractivity contribution in [3.63, 3.8) is 0 Å². The molecule has 4 nitrogen and oxygen atoms in total. The molecule has 1 aliphatic heterocycles. The molecule has 0 saturated carbocycles. The van der Waals surface area contributed by atoms with Gasteiger partial charge < -0.3 is 9.30 Å². The molecule has 1 aliphatic rings. The minimum atomic E-state index is 0.773. The molecule has 21 heavy (non-hydrogen) atoms. The van der Waals surface area contributed by atoms with Crippen LogP contribution in [0.3, 0.4) is 0 Å². The van der Waals surface area contributed by atoms with Gasteiger partial charge in [0.05, 0.1) is 12.2 Å². The summed E-state index contributed by atoms with van der Waals surface area (Å²) >= 11 is 0. The Balaban J connectivity index is 1.92. The number of aryl methyl sites for hydroxylation is 1. The van der Waals surface area contributed by atoms with E-state index in [1.165, 1.54) is 11.1 Å². The van der Waals surface area contributed by atoms with Crippen molar-refractivity contribution in [2.75, 3.05) is 19.8 Å². The quantitative estimate of drug-likeness (QED) is 0.810. The molecule has 110 valence electrons. The maximum Gasteiger partial charge on any atom is 0.102 e. The van der Waals surface area contributed by atoms with Crippen LogP contribution in [0.5, 0.6) is 0 Å². The van der Waals surface area contributed by atoms with E-state index < -0.39 is 0 Å². The number of hydrogen-bond donors (Lipinski definition) is 0. The Hall–Kier alpha value is -1.83. The number of nitriles is 1. The molecule has 0 spiro atoms. The monoisotopic (exact) mass is 283 g/mol. The van der Waals surface area contributed by atoms with E-state index in [1.807, 2.05) is 20.9 Å². The molecule has 0 saturated heterocycles. The molecule has 3 rings (SSSR count). The number of nitrogens with zero attached hydrogens (tertiary/aromatic N) is 3. The molecule has 0 radical (unpaired) electrons. The van der Waals surface area contributed by atoms with E-state index in [2.05, 4.69) is 27.7 Å². The molecule has 0 bridgehead atoms. The molecule has 4 heteroatoms. The normalized spacial score (nSPS) is 14.6. The van der Waals surface area contributed by atoms with Gasteiger partial charge in [-0.1, -0.05) is 0 Å². The molecule has 2 aromatic rings. The maximum atomic E-state index is 9.38. The standard InChI is InChI=1S/C17H21N3O/c1-4-21-6-5-20-10-13-7-15-16(9-18)12(2)19(3)17(15)8-14(13)11-20/h7-8H,4-6,10-11H2,1-3H3. The van der Waals surface area contributed by atoms with E-state index in [0.29, 0.717) is 0 Å². The fourth-order valence-corrected chi connectivity index (χ4v) is 3.17. The van der Waals surface area contributed by atoms with Gasteiger partial charge in [-0.25, -0.2) is 0 Å². The van der Waals surface area contributed by atoms with E-state index in [4.69, 9.17) is 4.74 Å². The third-order valence-electron chi connectivity index (χ3n) is 4.47. The SMILES string of the molecule is CCOCCN1Cc2cc3c(C#N)c(C)n(C)c3cc2C1. The zero-order valence-electron chi connectivity index (χ0n) is 12.9. The number of ether oxygens (including phenoxy) is 1. The highest BCUT2D eigenvalue weighted by atomic mass is 16.5. The van der Waals surface area contributed by atoms with Crippen LogP contribution in [0.1, 0.15) is 29.3 Å². The predicted molar refractivity (Wildman–Crippen MR) is 83.0 cm³/mol. The molecule has 0 aliphatic carbocycles. The summed E-state index contributed by atoms with van der Waals surface area (Å²) in [6.45, 7) is 8.49. The first-order valence-electron chi connectivity index (χ1n) is 7.46. The zero-order valence-corrected chi connectivity index (χ0v) is 12.9. The Morgan fingerprint density at radius 1 is 1.29 bits per heavy atom. The lowest BCUT2D eigenvalue weighted by Crippen LogP contribution is -2.21. The minimum absolute atomic E-state index is 0.773. The lowest BCUT2D eigenvalue weighted by Gasteiger charge is -2.13. The van der Waals surface area contributed by atoms with Gasteiger partial charge in [-0.05, 0) is 37.1 Å². The predicted octanol–water partition coefficient (Wildman–Crippen LogP) is 2.71. The fraction of sp³-hybridized carbons (Fsp3) is 0.471. The summed E-state index contributed by atoms with van der Waals surface area (Å²) in [5, 5.41) is 10.5. The summed E-state index contributed by atoms with van der Waals surface area (Å²) in [7, 11) is 2.03. The van der Waals surface area contributed by atoms with Crippen LogP contribution in [-0.2, 0) is 24.9 Å². The highest BCUT2D eigenvalue weighted by Crippen LogP contribution is 2.31. The smallest absolute Gasteiger partial charge is 0.102 e. The van der Waals surface area contributed by atoms with E-state index in [1.54, 1.807) is 0 Å². The lowest BCUT2D eigenvalue weighted by atomic mass is 10.1. The van der Waals surface area contributed by atoms with Crippen LogP contribution in [0.2, 0.25) is 0 Å². The maximum absolute atomic E-state index is 9.38. The van der Waals surface area contributed by atoms with E-state index in [9.17, 15) is 5.26 Å². The van der Waals surface area contributed by atoms with Crippen molar-refractivity contribution in [3.05, 3.63) is 34.5 Å². The molecule has 1 aromatic heterocycles. The average Bonchev–Trinajstić information content (AvgIpc) is 2.97. The summed E-state index contributed by atoms with van der Waals surface area (Å²) in [6, 6.07) is 6.80. The summed E-state index contributed by atoms with van der Waals surface area (Å²) in [6.07, 6.45) is 0. The zero-order chi connectivity index (χ0) is 15.0. The third-order valence-corrected chi connectivity index (χ3v) is 4.47. The van der Waals surface area contributed by atoms with Crippen LogP contribution in [0, 0.1) is 18.3 Å². The Morgan fingerprint density at radius 3 is 2.67 bits per heavy atom.